The van der Waals surface area contributed by atoms with Crippen LogP contribution in [0.4, 0.5) is 16.5 Å². The third-order valence-corrected chi connectivity index (χ3v) is 7.27. The summed E-state index contributed by atoms with van der Waals surface area (Å²) in [6, 6.07) is 10.0. The Morgan fingerprint density at radius 2 is 2.06 bits per heavy atom. The molecule has 1 atom stereocenters. The predicted octanol–water partition coefficient (Wildman–Crippen LogP) is 4.52. The summed E-state index contributed by atoms with van der Waals surface area (Å²) >= 11 is 7.49. The number of hydrogen-bond acceptors (Lipinski definition) is 8. The zero-order valence-corrected chi connectivity index (χ0v) is 19.9. The number of aromatic nitrogens is 1. The van der Waals surface area contributed by atoms with Crippen LogP contribution in [0, 0.1) is 10.1 Å². The highest BCUT2D eigenvalue weighted by Gasteiger charge is 2.29. The Bertz CT molecular complexity index is 1220. The second-order valence-corrected chi connectivity index (χ2v) is 9.66. The van der Waals surface area contributed by atoms with Crippen LogP contribution in [0.5, 0.6) is 0 Å². The lowest BCUT2D eigenvalue weighted by atomic mass is 10.1. The van der Waals surface area contributed by atoms with Crippen LogP contribution in [0.25, 0.3) is 10.2 Å². The largest absolute Gasteiger partial charge is 0.378 e. The van der Waals surface area contributed by atoms with Gasteiger partial charge in [0, 0.05) is 36.3 Å². The maximum Gasteiger partial charge on any atom is 0.293 e. The van der Waals surface area contributed by atoms with E-state index < -0.39 is 4.92 Å². The van der Waals surface area contributed by atoms with Gasteiger partial charge in [-0.3, -0.25) is 19.8 Å². The number of benzene rings is 2. The van der Waals surface area contributed by atoms with Crippen LogP contribution < -0.4 is 9.80 Å². The van der Waals surface area contributed by atoms with E-state index in [9.17, 15) is 14.9 Å². The number of halogens is 1. The van der Waals surface area contributed by atoms with Gasteiger partial charge < -0.3 is 14.4 Å². The van der Waals surface area contributed by atoms with Crippen molar-refractivity contribution in [2.75, 3.05) is 49.3 Å². The van der Waals surface area contributed by atoms with Crippen LogP contribution in [0.2, 0.25) is 5.02 Å². The van der Waals surface area contributed by atoms with Gasteiger partial charge in [0.15, 0.2) is 5.13 Å². The number of thiazole rings is 1. The quantitative estimate of drug-likeness (QED) is 0.361. The predicted molar refractivity (Wildman–Crippen MR) is 131 cm³/mol. The molecule has 1 unspecified atom stereocenters. The van der Waals surface area contributed by atoms with Gasteiger partial charge >= 0.3 is 0 Å². The number of rotatable bonds is 6. The van der Waals surface area contributed by atoms with E-state index in [4.69, 9.17) is 21.1 Å². The molecule has 1 amide bonds. The second-order valence-electron chi connectivity index (χ2n) is 8.22. The molecule has 9 nitrogen and oxygen atoms in total. The molecule has 0 N–H and O–H groups in total. The summed E-state index contributed by atoms with van der Waals surface area (Å²) in [6.45, 7) is 3.12. The van der Waals surface area contributed by atoms with Gasteiger partial charge in [0.2, 0.25) is 0 Å². The molecule has 0 saturated carbocycles. The maximum atomic E-state index is 13.7. The van der Waals surface area contributed by atoms with E-state index in [1.54, 1.807) is 23.1 Å². The van der Waals surface area contributed by atoms with Gasteiger partial charge in [-0.2, -0.15) is 0 Å². The van der Waals surface area contributed by atoms with Crippen molar-refractivity contribution in [3.63, 3.8) is 0 Å². The first-order valence-corrected chi connectivity index (χ1v) is 12.3. The highest BCUT2D eigenvalue weighted by Crippen LogP contribution is 2.34. The van der Waals surface area contributed by atoms with Crippen molar-refractivity contribution in [1.82, 2.24) is 4.98 Å². The van der Waals surface area contributed by atoms with E-state index in [0.717, 1.165) is 23.1 Å². The Hall–Kier alpha value is -2.79. The zero-order valence-electron chi connectivity index (χ0n) is 18.3. The number of morpholine rings is 1. The molecule has 5 rings (SSSR count). The van der Waals surface area contributed by atoms with Crippen molar-refractivity contribution in [2.45, 2.75) is 18.9 Å². The summed E-state index contributed by atoms with van der Waals surface area (Å²) in [6.07, 6.45) is 1.67. The number of ether oxygens (including phenoxy) is 2. The molecule has 178 valence electrons. The number of carbonyl (C=O) groups excluding carboxylic acids is 1. The number of fused-ring (bicyclic) bond motifs is 1. The van der Waals surface area contributed by atoms with E-state index in [0.29, 0.717) is 55.3 Å². The van der Waals surface area contributed by atoms with Crippen molar-refractivity contribution in [3.05, 3.63) is 57.1 Å². The normalized spacial score (nSPS) is 18.4. The lowest BCUT2D eigenvalue weighted by Crippen LogP contribution is -2.38. The number of nitrogens with zero attached hydrogens (tertiary/aromatic N) is 4. The SMILES string of the molecule is O=C(c1ccc(N2CCOCC2)c([N+](=O)[O-])c1)N(CC1CCCO1)c1nc2ccc(Cl)cc2s1. The molecule has 0 bridgehead atoms. The first-order valence-electron chi connectivity index (χ1n) is 11.1. The fraction of sp³-hybridized carbons (Fsp3) is 0.391. The summed E-state index contributed by atoms with van der Waals surface area (Å²) in [5.41, 5.74) is 1.37. The minimum Gasteiger partial charge on any atom is -0.378 e. The Labute approximate surface area is 205 Å². The number of nitro benzene ring substituents is 1. The third-order valence-electron chi connectivity index (χ3n) is 6.00. The summed E-state index contributed by atoms with van der Waals surface area (Å²) in [7, 11) is 0. The average molecular weight is 503 g/mol. The molecule has 11 heteroatoms. The van der Waals surface area contributed by atoms with Gasteiger partial charge in [-0.1, -0.05) is 22.9 Å². The Morgan fingerprint density at radius 1 is 1.24 bits per heavy atom. The lowest BCUT2D eigenvalue weighted by Gasteiger charge is -2.28. The number of amides is 1. The molecule has 3 aromatic rings. The van der Waals surface area contributed by atoms with Crippen LogP contribution in [0.15, 0.2) is 36.4 Å². The van der Waals surface area contributed by atoms with Gasteiger partial charge in [0.25, 0.3) is 11.6 Å². The van der Waals surface area contributed by atoms with E-state index in [2.05, 4.69) is 4.98 Å². The summed E-state index contributed by atoms with van der Waals surface area (Å²) in [4.78, 5) is 33.3. The van der Waals surface area contributed by atoms with Gasteiger partial charge in [0.05, 0.1) is 41.0 Å². The van der Waals surface area contributed by atoms with Crippen molar-refractivity contribution in [1.29, 1.82) is 0 Å². The Balaban J connectivity index is 1.50. The van der Waals surface area contributed by atoms with Gasteiger partial charge in [-0.25, -0.2) is 4.98 Å². The minimum atomic E-state index is -0.439. The molecule has 2 aliphatic heterocycles. The summed E-state index contributed by atoms with van der Waals surface area (Å²) in [5, 5.41) is 13.0. The number of hydrogen-bond donors (Lipinski definition) is 0. The monoisotopic (exact) mass is 502 g/mol. The molecular weight excluding hydrogens is 480 g/mol. The fourth-order valence-electron chi connectivity index (χ4n) is 4.27. The molecule has 2 saturated heterocycles. The van der Waals surface area contributed by atoms with Crippen molar-refractivity contribution in [3.8, 4) is 0 Å². The Morgan fingerprint density at radius 3 is 2.79 bits per heavy atom. The molecule has 1 aromatic heterocycles. The van der Waals surface area contributed by atoms with Crippen molar-refractivity contribution in [2.24, 2.45) is 0 Å². The van der Waals surface area contributed by atoms with Crippen LogP contribution in [-0.2, 0) is 9.47 Å². The minimum absolute atomic E-state index is 0.0964. The summed E-state index contributed by atoms with van der Waals surface area (Å²) in [5.74, 6) is -0.350. The van der Waals surface area contributed by atoms with Gasteiger partial charge in [-0.05, 0) is 43.2 Å². The van der Waals surface area contributed by atoms with Crippen LogP contribution in [-0.4, -0.2) is 61.4 Å². The van der Waals surface area contributed by atoms with E-state index in [1.807, 2.05) is 17.0 Å². The fourth-order valence-corrected chi connectivity index (χ4v) is 5.52. The summed E-state index contributed by atoms with van der Waals surface area (Å²) < 4.78 is 12.0. The number of nitro groups is 1. The third kappa shape index (κ3) is 4.72. The molecule has 0 aliphatic carbocycles. The topological polar surface area (TPSA) is 98.0 Å². The Kier molecular flexibility index (Phi) is 6.64. The smallest absolute Gasteiger partial charge is 0.293 e. The molecule has 0 spiro atoms. The van der Waals surface area contributed by atoms with Crippen LogP contribution >= 0.6 is 22.9 Å². The average Bonchev–Trinajstić information content (AvgIpc) is 3.51. The zero-order chi connectivity index (χ0) is 23.7. The van der Waals surface area contributed by atoms with Crippen LogP contribution in [0.1, 0.15) is 23.2 Å². The second kappa shape index (κ2) is 9.83. The highest BCUT2D eigenvalue weighted by atomic mass is 35.5. The van der Waals surface area contributed by atoms with E-state index in [-0.39, 0.29) is 23.3 Å². The van der Waals surface area contributed by atoms with Crippen molar-refractivity contribution < 1.29 is 19.2 Å². The lowest BCUT2D eigenvalue weighted by molar-refractivity contribution is -0.384. The first kappa shape index (κ1) is 23.0. The molecule has 34 heavy (non-hydrogen) atoms. The maximum absolute atomic E-state index is 13.7. The van der Waals surface area contributed by atoms with Crippen LogP contribution in [0.3, 0.4) is 0 Å². The number of anilines is 2. The number of carbonyl (C=O) groups is 1. The molecule has 3 heterocycles. The molecule has 2 fully saturated rings. The molecule has 2 aromatic carbocycles. The highest BCUT2D eigenvalue weighted by molar-refractivity contribution is 7.22. The van der Waals surface area contributed by atoms with Crippen molar-refractivity contribution >= 4 is 55.6 Å². The van der Waals surface area contributed by atoms with E-state index in [1.165, 1.54) is 17.4 Å². The molecular formula is C23H23ClN4O5S. The van der Waals surface area contributed by atoms with Gasteiger partial charge in [0.1, 0.15) is 5.69 Å². The molecule has 0 radical (unpaired) electrons. The van der Waals surface area contributed by atoms with E-state index >= 15 is 0 Å². The first-order chi connectivity index (χ1) is 16.5. The molecule has 2 aliphatic rings. The van der Waals surface area contributed by atoms with Gasteiger partial charge in [-0.15, -0.1) is 0 Å². The standard InChI is InChI=1S/C23H23ClN4O5S/c24-16-4-5-18-21(13-16)34-23(25-18)27(14-17-2-1-9-33-17)22(29)15-3-6-19(20(12-15)28(30)31)26-7-10-32-11-8-26/h3-6,12-13,17H,1-2,7-11,14H2.